The number of carbonyl (C=O) groups excluding carboxylic acids is 1. The number of hydrogen-bond acceptors (Lipinski definition) is 5. The number of primary amides is 1. The van der Waals surface area contributed by atoms with Crippen LogP contribution in [0.3, 0.4) is 0 Å². The number of rotatable bonds is 5. The standard InChI is InChI=1S/C8H13N3OS2/c1-5-4-14-8(11-5)13-3-2-6(9)7(10)12/h4,6H,2-3,9H2,1H3,(H2,10,12). The molecule has 0 aromatic carbocycles. The summed E-state index contributed by atoms with van der Waals surface area (Å²) >= 11 is 3.21. The fraction of sp³-hybridized carbons (Fsp3) is 0.500. The number of thiazole rings is 1. The average molecular weight is 231 g/mol. The largest absolute Gasteiger partial charge is 0.368 e. The molecule has 1 amide bonds. The molecule has 14 heavy (non-hydrogen) atoms. The van der Waals surface area contributed by atoms with Crippen LogP contribution in [0.4, 0.5) is 0 Å². The molecule has 0 fully saturated rings. The Balaban J connectivity index is 2.25. The molecule has 1 heterocycles. The fourth-order valence-corrected chi connectivity index (χ4v) is 2.76. The normalized spacial score (nSPS) is 12.7. The first-order valence-electron chi connectivity index (χ1n) is 4.19. The van der Waals surface area contributed by atoms with Gasteiger partial charge in [0.2, 0.25) is 5.91 Å². The van der Waals surface area contributed by atoms with Crippen LogP contribution >= 0.6 is 23.1 Å². The van der Waals surface area contributed by atoms with Gasteiger partial charge in [-0.25, -0.2) is 4.98 Å². The molecule has 0 radical (unpaired) electrons. The summed E-state index contributed by atoms with van der Waals surface area (Å²) in [5.41, 5.74) is 11.5. The number of thioether (sulfide) groups is 1. The Labute approximate surface area is 91.1 Å². The van der Waals surface area contributed by atoms with Gasteiger partial charge in [-0.1, -0.05) is 11.8 Å². The highest BCUT2D eigenvalue weighted by atomic mass is 32.2. The van der Waals surface area contributed by atoms with E-state index in [1.807, 2.05) is 12.3 Å². The van der Waals surface area contributed by atoms with Crippen molar-refractivity contribution in [3.63, 3.8) is 0 Å². The number of aryl methyl sites for hydroxylation is 1. The van der Waals surface area contributed by atoms with Crippen molar-refractivity contribution in [2.75, 3.05) is 5.75 Å². The molecule has 0 aliphatic rings. The van der Waals surface area contributed by atoms with Gasteiger partial charge in [-0.05, 0) is 13.3 Å². The minimum absolute atomic E-state index is 0.444. The summed E-state index contributed by atoms with van der Waals surface area (Å²) in [4.78, 5) is 14.9. The van der Waals surface area contributed by atoms with E-state index in [1.54, 1.807) is 23.1 Å². The molecule has 4 nitrogen and oxygen atoms in total. The number of nitrogens with two attached hydrogens (primary N) is 2. The van der Waals surface area contributed by atoms with E-state index >= 15 is 0 Å². The van der Waals surface area contributed by atoms with Crippen LogP contribution in [0.25, 0.3) is 0 Å². The van der Waals surface area contributed by atoms with Crippen LogP contribution < -0.4 is 11.5 Å². The molecule has 1 aromatic rings. The second-order valence-corrected chi connectivity index (χ2v) is 5.10. The molecular weight excluding hydrogens is 218 g/mol. The molecule has 0 saturated carbocycles. The Kier molecular flexibility index (Phi) is 4.37. The maximum Gasteiger partial charge on any atom is 0.234 e. The highest BCUT2D eigenvalue weighted by Crippen LogP contribution is 2.22. The van der Waals surface area contributed by atoms with Crippen molar-refractivity contribution in [2.24, 2.45) is 11.5 Å². The van der Waals surface area contributed by atoms with Crippen molar-refractivity contribution in [3.05, 3.63) is 11.1 Å². The highest BCUT2D eigenvalue weighted by Gasteiger charge is 2.09. The number of hydrogen-bond donors (Lipinski definition) is 2. The first-order valence-corrected chi connectivity index (χ1v) is 6.06. The van der Waals surface area contributed by atoms with Gasteiger partial charge in [-0.3, -0.25) is 4.79 Å². The lowest BCUT2D eigenvalue weighted by molar-refractivity contribution is -0.119. The van der Waals surface area contributed by atoms with Crippen LogP contribution in [0.1, 0.15) is 12.1 Å². The number of amides is 1. The minimum atomic E-state index is -0.538. The van der Waals surface area contributed by atoms with Gasteiger partial charge in [0.15, 0.2) is 0 Å². The summed E-state index contributed by atoms with van der Waals surface area (Å²) in [5.74, 6) is 0.331. The van der Waals surface area contributed by atoms with E-state index in [2.05, 4.69) is 4.98 Å². The lowest BCUT2D eigenvalue weighted by atomic mass is 10.2. The number of carbonyl (C=O) groups is 1. The minimum Gasteiger partial charge on any atom is -0.368 e. The molecule has 4 N–H and O–H groups in total. The second kappa shape index (κ2) is 5.33. The second-order valence-electron chi connectivity index (χ2n) is 2.90. The maximum atomic E-state index is 10.6. The van der Waals surface area contributed by atoms with Gasteiger partial charge in [-0.2, -0.15) is 0 Å². The summed E-state index contributed by atoms with van der Waals surface area (Å²) in [7, 11) is 0. The van der Waals surface area contributed by atoms with Crippen LogP contribution in [0.2, 0.25) is 0 Å². The smallest absolute Gasteiger partial charge is 0.234 e. The monoisotopic (exact) mass is 231 g/mol. The Morgan fingerprint density at radius 1 is 1.79 bits per heavy atom. The zero-order valence-corrected chi connectivity index (χ0v) is 9.53. The fourth-order valence-electron chi connectivity index (χ4n) is 0.814. The van der Waals surface area contributed by atoms with Crippen molar-refractivity contribution in [1.29, 1.82) is 0 Å². The van der Waals surface area contributed by atoms with Gasteiger partial charge in [0, 0.05) is 16.8 Å². The topological polar surface area (TPSA) is 82.0 Å². The zero-order valence-electron chi connectivity index (χ0n) is 7.90. The van der Waals surface area contributed by atoms with Gasteiger partial charge in [0.05, 0.1) is 6.04 Å². The van der Waals surface area contributed by atoms with Crippen LogP contribution in [0, 0.1) is 6.92 Å². The third-order valence-electron chi connectivity index (χ3n) is 1.62. The van der Waals surface area contributed by atoms with Crippen molar-refractivity contribution in [2.45, 2.75) is 23.7 Å². The Bertz CT molecular complexity index is 313. The summed E-state index contributed by atoms with van der Waals surface area (Å²) in [5, 5.41) is 2.00. The number of nitrogens with zero attached hydrogens (tertiary/aromatic N) is 1. The van der Waals surface area contributed by atoms with Crippen molar-refractivity contribution < 1.29 is 4.79 Å². The Morgan fingerprint density at radius 2 is 2.50 bits per heavy atom. The van der Waals surface area contributed by atoms with Crippen molar-refractivity contribution in [3.8, 4) is 0 Å². The molecule has 0 saturated heterocycles. The third kappa shape index (κ3) is 3.65. The zero-order chi connectivity index (χ0) is 10.6. The van der Waals surface area contributed by atoms with Gasteiger partial charge in [-0.15, -0.1) is 11.3 Å². The van der Waals surface area contributed by atoms with Gasteiger partial charge in [0.1, 0.15) is 4.34 Å². The van der Waals surface area contributed by atoms with E-state index in [0.717, 1.165) is 15.8 Å². The van der Waals surface area contributed by atoms with E-state index in [9.17, 15) is 4.79 Å². The summed E-state index contributed by atoms with van der Waals surface area (Å²) < 4.78 is 1.01. The lowest BCUT2D eigenvalue weighted by Gasteiger charge is -2.04. The van der Waals surface area contributed by atoms with Gasteiger partial charge < -0.3 is 11.5 Å². The summed E-state index contributed by atoms with van der Waals surface area (Å²) in [6.07, 6.45) is 0.596. The molecule has 1 rings (SSSR count). The molecule has 1 unspecified atom stereocenters. The molecule has 1 atom stereocenters. The van der Waals surface area contributed by atoms with Crippen LogP contribution in [-0.2, 0) is 4.79 Å². The van der Waals surface area contributed by atoms with Gasteiger partial charge >= 0.3 is 0 Å². The first kappa shape index (κ1) is 11.5. The Morgan fingerprint density at radius 3 is 3.00 bits per heavy atom. The van der Waals surface area contributed by atoms with E-state index in [0.29, 0.717) is 6.42 Å². The molecule has 1 aromatic heterocycles. The van der Waals surface area contributed by atoms with Crippen LogP contribution in [0.15, 0.2) is 9.72 Å². The SMILES string of the molecule is Cc1csc(SCCC(N)C(N)=O)n1. The van der Waals surface area contributed by atoms with E-state index in [4.69, 9.17) is 11.5 Å². The van der Waals surface area contributed by atoms with E-state index < -0.39 is 11.9 Å². The quantitative estimate of drug-likeness (QED) is 0.732. The molecule has 0 aliphatic heterocycles. The van der Waals surface area contributed by atoms with Crippen molar-refractivity contribution >= 4 is 29.0 Å². The number of aromatic nitrogens is 1. The Hall–Kier alpha value is -0.590. The lowest BCUT2D eigenvalue weighted by Crippen LogP contribution is -2.36. The predicted octanol–water partition coefficient (Wildman–Crippen LogP) is 0.746. The van der Waals surface area contributed by atoms with Crippen LogP contribution in [-0.4, -0.2) is 22.7 Å². The molecule has 0 spiro atoms. The van der Waals surface area contributed by atoms with Gasteiger partial charge in [0.25, 0.3) is 0 Å². The first-order chi connectivity index (χ1) is 6.59. The van der Waals surface area contributed by atoms with Crippen LogP contribution in [0.5, 0.6) is 0 Å². The highest BCUT2D eigenvalue weighted by molar-refractivity contribution is 8.01. The summed E-state index contributed by atoms with van der Waals surface area (Å²) in [6.45, 7) is 1.95. The maximum absolute atomic E-state index is 10.6. The third-order valence-corrected chi connectivity index (χ3v) is 3.79. The molecule has 6 heteroatoms. The molecule has 0 aliphatic carbocycles. The van der Waals surface area contributed by atoms with Crippen molar-refractivity contribution in [1.82, 2.24) is 4.98 Å². The molecule has 0 bridgehead atoms. The van der Waals surface area contributed by atoms with E-state index in [-0.39, 0.29) is 0 Å². The predicted molar refractivity (Wildman–Crippen MR) is 59.4 cm³/mol. The molecular formula is C8H13N3OS2. The average Bonchev–Trinajstić information content (AvgIpc) is 2.51. The van der Waals surface area contributed by atoms with E-state index in [1.165, 1.54) is 0 Å². The summed E-state index contributed by atoms with van der Waals surface area (Å²) in [6, 6.07) is -0.538. The molecule has 78 valence electrons.